The van der Waals surface area contributed by atoms with Gasteiger partial charge in [0.1, 0.15) is 5.78 Å². The third kappa shape index (κ3) is 3.41. The van der Waals surface area contributed by atoms with Gasteiger partial charge in [-0.3, -0.25) is 14.2 Å². The maximum absolute atomic E-state index is 13.0. The van der Waals surface area contributed by atoms with E-state index in [1.54, 1.807) is 4.57 Å². The van der Waals surface area contributed by atoms with Crippen LogP contribution in [0.1, 0.15) is 18.1 Å². The first-order valence-corrected chi connectivity index (χ1v) is 8.71. The Morgan fingerprint density at radius 3 is 2.58 bits per heavy atom. The summed E-state index contributed by atoms with van der Waals surface area (Å²) >= 11 is 1.31. The van der Waals surface area contributed by atoms with E-state index in [-0.39, 0.29) is 11.3 Å². The zero-order valence-electron chi connectivity index (χ0n) is 13.7. The second-order valence-electron chi connectivity index (χ2n) is 5.73. The normalized spacial score (nSPS) is 10.9. The van der Waals surface area contributed by atoms with Gasteiger partial charge in [-0.25, -0.2) is 4.98 Å². The fourth-order valence-corrected chi connectivity index (χ4v) is 3.39. The Hall–Kier alpha value is -2.40. The van der Waals surface area contributed by atoms with Crippen LogP contribution < -0.4 is 5.56 Å². The first kappa shape index (κ1) is 16.5. The van der Waals surface area contributed by atoms with Crippen LogP contribution >= 0.6 is 11.8 Å². The molecule has 0 N–H and O–H groups in total. The van der Waals surface area contributed by atoms with Gasteiger partial charge in [-0.2, -0.15) is 0 Å². The van der Waals surface area contributed by atoms with Gasteiger partial charge in [0.05, 0.1) is 23.2 Å². The molecule has 5 heteroatoms. The van der Waals surface area contributed by atoms with Crippen LogP contribution in [-0.2, 0) is 11.3 Å². The molecule has 4 nitrogen and oxygen atoms in total. The lowest BCUT2D eigenvalue weighted by Gasteiger charge is -2.13. The van der Waals surface area contributed by atoms with Crippen LogP contribution in [0.3, 0.4) is 0 Å². The number of hydrogen-bond donors (Lipinski definition) is 0. The smallest absolute Gasteiger partial charge is 0.262 e. The number of aromatic nitrogens is 2. The molecule has 3 rings (SSSR count). The Morgan fingerprint density at radius 1 is 1.12 bits per heavy atom. The van der Waals surface area contributed by atoms with Gasteiger partial charge in [-0.05, 0) is 31.0 Å². The third-order valence-electron chi connectivity index (χ3n) is 3.74. The number of hydrogen-bond acceptors (Lipinski definition) is 4. The topological polar surface area (TPSA) is 52.0 Å². The summed E-state index contributed by atoms with van der Waals surface area (Å²) in [5, 5.41) is 1.22. The summed E-state index contributed by atoms with van der Waals surface area (Å²) in [5.41, 5.74) is 2.55. The molecular weight excluding hydrogens is 320 g/mol. The van der Waals surface area contributed by atoms with Crippen LogP contribution in [0.5, 0.6) is 0 Å². The number of benzene rings is 2. The van der Waals surface area contributed by atoms with Gasteiger partial charge >= 0.3 is 0 Å². The number of nitrogens with zero attached hydrogens (tertiary/aromatic N) is 2. The number of aryl methyl sites for hydroxylation is 1. The number of fused-ring (bicyclic) bond motifs is 1. The monoisotopic (exact) mass is 338 g/mol. The highest BCUT2D eigenvalue weighted by molar-refractivity contribution is 7.99. The lowest BCUT2D eigenvalue weighted by atomic mass is 10.1. The van der Waals surface area contributed by atoms with Gasteiger partial charge in [0.15, 0.2) is 5.16 Å². The molecule has 2 aromatic carbocycles. The summed E-state index contributed by atoms with van der Waals surface area (Å²) in [6.45, 7) is 3.90. The minimum Gasteiger partial charge on any atom is -0.299 e. The zero-order chi connectivity index (χ0) is 17.1. The van der Waals surface area contributed by atoms with Crippen LogP contribution in [0.2, 0.25) is 0 Å². The van der Waals surface area contributed by atoms with Crippen molar-refractivity contribution >= 4 is 28.4 Å². The van der Waals surface area contributed by atoms with Crippen molar-refractivity contribution < 1.29 is 4.79 Å². The van der Waals surface area contributed by atoms with E-state index in [1.807, 2.05) is 55.5 Å². The molecule has 0 saturated heterocycles. The zero-order valence-corrected chi connectivity index (χ0v) is 14.5. The molecule has 0 saturated carbocycles. The van der Waals surface area contributed by atoms with Crippen LogP contribution in [0.4, 0.5) is 0 Å². The highest BCUT2D eigenvalue weighted by Crippen LogP contribution is 2.20. The average Bonchev–Trinajstić information content (AvgIpc) is 2.56. The molecule has 0 aliphatic heterocycles. The molecule has 0 atom stereocenters. The molecule has 0 amide bonds. The van der Waals surface area contributed by atoms with E-state index in [2.05, 4.69) is 4.98 Å². The van der Waals surface area contributed by atoms with Gasteiger partial charge in [0.2, 0.25) is 0 Å². The van der Waals surface area contributed by atoms with Crippen LogP contribution in [-0.4, -0.2) is 21.1 Å². The molecule has 1 heterocycles. The van der Waals surface area contributed by atoms with Crippen molar-refractivity contribution in [3.05, 3.63) is 70.0 Å². The van der Waals surface area contributed by atoms with E-state index in [0.29, 0.717) is 28.4 Å². The SMILES string of the molecule is CC(=O)CSc1nc2cccc(C)c2c(=O)n1Cc1ccccc1. The molecule has 0 aliphatic rings. The predicted molar refractivity (Wildman–Crippen MR) is 97.7 cm³/mol. The number of carbonyl (C=O) groups excluding carboxylic acids is 1. The minimum atomic E-state index is -0.0620. The quantitative estimate of drug-likeness (QED) is 0.528. The minimum absolute atomic E-state index is 0.0600. The van der Waals surface area contributed by atoms with E-state index >= 15 is 0 Å². The first-order chi connectivity index (χ1) is 11.6. The molecule has 0 fully saturated rings. The highest BCUT2D eigenvalue weighted by Gasteiger charge is 2.14. The summed E-state index contributed by atoms with van der Waals surface area (Å²) < 4.78 is 1.66. The molecule has 24 heavy (non-hydrogen) atoms. The molecular formula is C19H18N2O2S. The molecule has 0 unspecified atom stereocenters. The number of rotatable bonds is 5. The maximum Gasteiger partial charge on any atom is 0.262 e. The Labute approximate surface area is 144 Å². The summed E-state index contributed by atoms with van der Waals surface area (Å²) in [7, 11) is 0. The van der Waals surface area contributed by atoms with Crippen molar-refractivity contribution in [2.45, 2.75) is 25.5 Å². The predicted octanol–water partition coefficient (Wildman–Crippen LogP) is 3.43. The summed E-state index contributed by atoms with van der Waals surface area (Å²) in [6, 6.07) is 15.5. The van der Waals surface area contributed by atoms with Crippen LogP contribution in [0.15, 0.2) is 58.5 Å². The highest BCUT2D eigenvalue weighted by atomic mass is 32.2. The van der Waals surface area contributed by atoms with E-state index in [9.17, 15) is 9.59 Å². The van der Waals surface area contributed by atoms with Gasteiger partial charge in [0, 0.05) is 0 Å². The second-order valence-corrected chi connectivity index (χ2v) is 6.67. The van der Waals surface area contributed by atoms with Crippen molar-refractivity contribution in [1.82, 2.24) is 9.55 Å². The number of carbonyl (C=O) groups is 1. The fraction of sp³-hybridized carbons (Fsp3) is 0.211. The van der Waals surface area contributed by atoms with E-state index in [0.717, 1.165) is 11.1 Å². The molecule has 0 radical (unpaired) electrons. The Kier molecular flexibility index (Phi) is 4.81. The van der Waals surface area contributed by atoms with Crippen molar-refractivity contribution in [2.24, 2.45) is 0 Å². The van der Waals surface area contributed by atoms with E-state index in [4.69, 9.17) is 0 Å². The average molecular weight is 338 g/mol. The number of ketones is 1. The molecule has 0 aliphatic carbocycles. The lowest BCUT2D eigenvalue weighted by molar-refractivity contribution is -0.114. The largest absolute Gasteiger partial charge is 0.299 e. The molecule has 1 aromatic heterocycles. The maximum atomic E-state index is 13.0. The van der Waals surface area contributed by atoms with Crippen molar-refractivity contribution in [3.63, 3.8) is 0 Å². The van der Waals surface area contributed by atoms with Gasteiger partial charge in [0.25, 0.3) is 5.56 Å². The summed E-state index contributed by atoms with van der Waals surface area (Å²) in [5.74, 6) is 0.364. The van der Waals surface area contributed by atoms with E-state index in [1.165, 1.54) is 18.7 Å². The molecule has 0 spiro atoms. The second kappa shape index (κ2) is 7.01. The van der Waals surface area contributed by atoms with E-state index < -0.39 is 0 Å². The third-order valence-corrected chi connectivity index (χ3v) is 4.87. The van der Waals surface area contributed by atoms with Gasteiger partial charge in [-0.1, -0.05) is 54.2 Å². The summed E-state index contributed by atoms with van der Waals surface area (Å²) in [4.78, 5) is 29.0. The Morgan fingerprint density at radius 2 is 1.88 bits per heavy atom. The summed E-state index contributed by atoms with van der Waals surface area (Å²) in [6.07, 6.45) is 0. The van der Waals surface area contributed by atoms with Crippen LogP contribution in [0, 0.1) is 6.92 Å². The number of thioether (sulfide) groups is 1. The van der Waals surface area contributed by atoms with Crippen molar-refractivity contribution in [3.8, 4) is 0 Å². The Balaban J connectivity index is 2.17. The van der Waals surface area contributed by atoms with Crippen molar-refractivity contribution in [2.75, 3.05) is 5.75 Å². The first-order valence-electron chi connectivity index (χ1n) is 7.72. The standard InChI is InChI=1S/C19H18N2O2S/c1-13-7-6-10-16-17(13)18(23)21(11-15-8-4-3-5-9-15)19(20-16)24-12-14(2)22/h3-10H,11-12H2,1-2H3. The Bertz CT molecular complexity index is 949. The van der Waals surface area contributed by atoms with Crippen LogP contribution in [0.25, 0.3) is 10.9 Å². The van der Waals surface area contributed by atoms with Crippen molar-refractivity contribution in [1.29, 1.82) is 0 Å². The number of Topliss-reactive ketones (excluding diaryl/α,β-unsaturated/α-hetero) is 1. The lowest BCUT2D eigenvalue weighted by Crippen LogP contribution is -2.24. The molecule has 3 aromatic rings. The fourth-order valence-electron chi connectivity index (χ4n) is 2.59. The molecule has 122 valence electrons. The van der Waals surface area contributed by atoms with Gasteiger partial charge < -0.3 is 0 Å². The molecule has 0 bridgehead atoms. The van der Waals surface area contributed by atoms with Gasteiger partial charge in [-0.15, -0.1) is 0 Å².